The van der Waals surface area contributed by atoms with Crippen LogP contribution in [0, 0.1) is 13.8 Å². The van der Waals surface area contributed by atoms with Crippen LogP contribution in [-0.4, -0.2) is 19.0 Å². The van der Waals surface area contributed by atoms with E-state index in [1.165, 1.54) is 7.11 Å². The van der Waals surface area contributed by atoms with Crippen molar-refractivity contribution in [2.45, 2.75) is 20.0 Å². The number of methoxy groups -OCH3 is 1. The molecule has 0 heterocycles. The van der Waals surface area contributed by atoms with Gasteiger partial charge in [0.25, 0.3) is 5.91 Å². The number of ether oxygens (including phenoxy) is 2. The van der Waals surface area contributed by atoms with Gasteiger partial charge in [-0.25, -0.2) is 4.79 Å². The Morgan fingerprint density at radius 2 is 1.52 bits per heavy atom. The summed E-state index contributed by atoms with van der Waals surface area (Å²) < 4.78 is 10.9. The molecule has 0 aliphatic rings. The van der Waals surface area contributed by atoms with Crippen LogP contribution in [0.3, 0.4) is 0 Å². The summed E-state index contributed by atoms with van der Waals surface area (Å²) in [4.78, 5) is 25.7. The van der Waals surface area contributed by atoms with Crippen molar-refractivity contribution >= 4 is 17.6 Å². The van der Waals surface area contributed by atoms with E-state index in [9.17, 15) is 9.59 Å². The molecule has 0 radical (unpaired) electrons. The minimum absolute atomic E-state index is 0.387. The number of amides is 1. The minimum atomic E-state index is -1.10. The van der Waals surface area contributed by atoms with Crippen LogP contribution in [0.5, 0.6) is 5.75 Å². The summed E-state index contributed by atoms with van der Waals surface area (Å²) in [5.41, 5.74) is 3.49. The van der Waals surface area contributed by atoms with Gasteiger partial charge in [-0.3, -0.25) is 4.79 Å². The van der Waals surface area contributed by atoms with Gasteiger partial charge in [-0.05, 0) is 43.7 Å². The smallest absolute Gasteiger partial charge is 0.339 e. The first-order valence-corrected chi connectivity index (χ1v) is 9.26. The Morgan fingerprint density at radius 3 is 2.17 bits per heavy atom. The molecule has 3 aromatic carbocycles. The molecule has 3 rings (SSSR count). The van der Waals surface area contributed by atoms with Crippen molar-refractivity contribution in [3.8, 4) is 5.75 Å². The summed E-state index contributed by atoms with van der Waals surface area (Å²) in [6.07, 6.45) is -1.10. The van der Waals surface area contributed by atoms with Gasteiger partial charge in [0.1, 0.15) is 5.75 Å². The number of hydrogen-bond acceptors (Lipinski definition) is 4. The minimum Gasteiger partial charge on any atom is -0.495 e. The second-order valence-corrected chi connectivity index (χ2v) is 6.76. The van der Waals surface area contributed by atoms with Crippen molar-refractivity contribution in [2.24, 2.45) is 0 Å². The first-order valence-electron chi connectivity index (χ1n) is 9.26. The Hall–Kier alpha value is -3.60. The van der Waals surface area contributed by atoms with E-state index in [1.807, 2.05) is 38.1 Å². The molecule has 0 saturated carbocycles. The second kappa shape index (κ2) is 9.06. The summed E-state index contributed by atoms with van der Waals surface area (Å²) in [5, 5.41) is 2.83. The lowest BCUT2D eigenvalue weighted by Gasteiger charge is -2.19. The number of aryl methyl sites for hydroxylation is 2. The second-order valence-electron chi connectivity index (χ2n) is 6.76. The van der Waals surface area contributed by atoms with Gasteiger partial charge in [-0.1, -0.05) is 54.1 Å². The molecule has 5 heteroatoms. The molecule has 0 aliphatic carbocycles. The van der Waals surface area contributed by atoms with E-state index in [0.717, 1.165) is 11.1 Å². The molecule has 1 amide bonds. The first-order chi connectivity index (χ1) is 14.0. The fourth-order valence-corrected chi connectivity index (χ4v) is 2.88. The van der Waals surface area contributed by atoms with E-state index in [0.29, 0.717) is 22.6 Å². The highest BCUT2D eigenvalue weighted by Crippen LogP contribution is 2.28. The molecule has 1 atom stereocenters. The maximum absolute atomic E-state index is 13.1. The summed E-state index contributed by atoms with van der Waals surface area (Å²) in [7, 11) is 1.53. The Morgan fingerprint density at radius 1 is 0.862 bits per heavy atom. The third kappa shape index (κ3) is 5.02. The van der Waals surface area contributed by atoms with E-state index in [1.54, 1.807) is 48.5 Å². The van der Waals surface area contributed by atoms with Crippen molar-refractivity contribution in [2.75, 3.05) is 12.4 Å². The highest BCUT2D eigenvalue weighted by atomic mass is 16.5. The highest BCUT2D eigenvalue weighted by Gasteiger charge is 2.26. The molecule has 29 heavy (non-hydrogen) atoms. The van der Waals surface area contributed by atoms with Crippen LogP contribution in [0.1, 0.15) is 33.2 Å². The molecule has 0 unspecified atom stereocenters. The number of carbonyl (C=O) groups is 2. The van der Waals surface area contributed by atoms with Crippen LogP contribution in [0.25, 0.3) is 0 Å². The monoisotopic (exact) mass is 389 g/mol. The molecule has 3 aromatic rings. The molecular formula is C24H23NO4. The van der Waals surface area contributed by atoms with Crippen molar-refractivity contribution in [1.82, 2.24) is 0 Å². The average Bonchev–Trinajstić information content (AvgIpc) is 2.73. The van der Waals surface area contributed by atoms with Gasteiger partial charge in [0.15, 0.2) is 0 Å². The van der Waals surface area contributed by atoms with Crippen molar-refractivity contribution in [1.29, 1.82) is 0 Å². The summed E-state index contributed by atoms with van der Waals surface area (Å²) in [5.74, 6) is -0.494. The lowest BCUT2D eigenvalue weighted by molar-refractivity contribution is -0.125. The normalized spacial score (nSPS) is 11.4. The summed E-state index contributed by atoms with van der Waals surface area (Å²) >= 11 is 0. The van der Waals surface area contributed by atoms with E-state index < -0.39 is 18.0 Å². The average molecular weight is 389 g/mol. The van der Waals surface area contributed by atoms with Crippen LogP contribution in [-0.2, 0) is 9.53 Å². The van der Waals surface area contributed by atoms with Gasteiger partial charge >= 0.3 is 5.97 Å². The van der Waals surface area contributed by atoms with Gasteiger partial charge < -0.3 is 14.8 Å². The van der Waals surface area contributed by atoms with E-state index >= 15 is 0 Å². The molecule has 0 fully saturated rings. The number of nitrogens with one attached hydrogen (secondary N) is 1. The molecule has 0 saturated heterocycles. The Balaban J connectivity index is 1.88. The van der Waals surface area contributed by atoms with Crippen LogP contribution < -0.4 is 10.1 Å². The van der Waals surface area contributed by atoms with E-state index in [4.69, 9.17) is 9.47 Å². The third-order valence-corrected chi connectivity index (χ3v) is 4.47. The lowest BCUT2D eigenvalue weighted by atomic mass is 10.1. The zero-order valence-corrected chi connectivity index (χ0v) is 16.6. The fraction of sp³-hybridized carbons (Fsp3) is 0.167. The van der Waals surface area contributed by atoms with Gasteiger partial charge in [-0.2, -0.15) is 0 Å². The lowest BCUT2D eigenvalue weighted by Crippen LogP contribution is -2.26. The maximum Gasteiger partial charge on any atom is 0.339 e. The van der Waals surface area contributed by atoms with Gasteiger partial charge in [-0.15, -0.1) is 0 Å². The molecule has 0 aromatic heterocycles. The Bertz CT molecular complexity index is 997. The number of benzene rings is 3. The summed E-state index contributed by atoms with van der Waals surface area (Å²) in [6, 6.07) is 21.4. The van der Waals surface area contributed by atoms with Gasteiger partial charge in [0, 0.05) is 5.56 Å². The van der Waals surface area contributed by atoms with Crippen LogP contribution in [0.4, 0.5) is 5.69 Å². The zero-order valence-electron chi connectivity index (χ0n) is 16.6. The first kappa shape index (κ1) is 20.1. The largest absolute Gasteiger partial charge is 0.495 e. The van der Waals surface area contributed by atoms with Crippen molar-refractivity contribution < 1.29 is 19.1 Å². The molecule has 0 bridgehead atoms. The molecular weight excluding hydrogens is 366 g/mol. The van der Waals surface area contributed by atoms with Crippen molar-refractivity contribution in [3.05, 3.63) is 95.1 Å². The summed E-state index contributed by atoms with van der Waals surface area (Å²) in [6.45, 7) is 3.85. The molecule has 148 valence electrons. The predicted molar refractivity (Wildman–Crippen MR) is 112 cm³/mol. The van der Waals surface area contributed by atoms with Crippen molar-refractivity contribution in [3.63, 3.8) is 0 Å². The van der Waals surface area contributed by atoms with Gasteiger partial charge in [0.2, 0.25) is 6.10 Å². The zero-order chi connectivity index (χ0) is 20.8. The fourth-order valence-electron chi connectivity index (χ4n) is 2.88. The molecule has 5 nitrogen and oxygen atoms in total. The predicted octanol–water partition coefficient (Wildman–Crippen LogP) is 4.85. The number of rotatable bonds is 6. The number of carbonyl (C=O) groups excluding carboxylic acids is 2. The standard InChI is InChI=1S/C24H23NO4/c1-16-9-12-19(13-10-16)24(27)29-22(18-7-5-4-6-8-18)23(26)25-20-15-17(2)11-14-21(20)28-3/h4-15,22H,1-3H3,(H,25,26)/t22-/m1/s1. The highest BCUT2D eigenvalue weighted by molar-refractivity contribution is 5.99. The molecule has 0 aliphatic heterocycles. The van der Waals surface area contributed by atoms with Crippen LogP contribution in [0.15, 0.2) is 72.8 Å². The van der Waals surface area contributed by atoms with E-state index in [2.05, 4.69) is 5.32 Å². The number of anilines is 1. The maximum atomic E-state index is 13.1. The Kier molecular flexibility index (Phi) is 6.29. The SMILES string of the molecule is COc1ccc(C)cc1NC(=O)[C@H](OC(=O)c1ccc(C)cc1)c1ccccc1. The van der Waals surface area contributed by atoms with Crippen LogP contribution in [0.2, 0.25) is 0 Å². The number of hydrogen-bond donors (Lipinski definition) is 1. The molecule has 1 N–H and O–H groups in total. The third-order valence-electron chi connectivity index (χ3n) is 4.47. The number of esters is 1. The topological polar surface area (TPSA) is 64.6 Å². The molecule has 0 spiro atoms. The van der Waals surface area contributed by atoms with Crippen LogP contribution >= 0.6 is 0 Å². The quantitative estimate of drug-likeness (QED) is 0.612. The van der Waals surface area contributed by atoms with Gasteiger partial charge in [0.05, 0.1) is 18.4 Å². The Labute approximate surface area is 170 Å². The van der Waals surface area contributed by atoms with E-state index in [-0.39, 0.29) is 0 Å².